The third kappa shape index (κ3) is 2.10. The van der Waals surface area contributed by atoms with Crippen LogP contribution >= 0.6 is 23.2 Å². The van der Waals surface area contributed by atoms with E-state index in [0.717, 1.165) is 22.1 Å². The molecular weight excluding hydrogens is 323 g/mol. The fraction of sp³-hybridized carbons (Fsp3) is 0.0667. The van der Waals surface area contributed by atoms with E-state index in [0.29, 0.717) is 22.1 Å². The second-order valence-corrected chi connectivity index (χ2v) is 5.93. The van der Waals surface area contributed by atoms with Crippen LogP contribution in [0.15, 0.2) is 41.5 Å². The van der Waals surface area contributed by atoms with Crippen LogP contribution in [-0.2, 0) is 6.54 Å². The van der Waals surface area contributed by atoms with Crippen LogP contribution in [0.1, 0.15) is 5.56 Å². The number of nitrogens with one attached hydrogen (secondary N) is 2. The lowest BCUT2D eigenvalue weighted by Gasteiger charge is -2.06. The number of rotatable bonds is 2. The molecule has 5 nitrogen and oxygen atoms in total. The van der Waals surface area contributed by atoms with Gasteiger partial charge >= 0.3 is 5.69 Å². The van der Waals surface area contributed by atoms with Gasteiger partial charge in [-0.15, -0.1) is 0 Å². The Bertz CT molecular complexity index is 1040. The van der Waals surface area contributed by atoms with Crippen molar-refractivity contribution in [2.45, 2.75) is 6.54 Å². The molecule has 1 aromatic carbocycles. The van der Waals surface area contributed by atoms with E-state index >= 15 is 0 Å². The summed E-state index contributed by atoms with van der Waals surface area (Å²) in [6.07, 6.45) is 3.45. The molecule has 0 aliphatic carbocycles. The minimum Gasteiger partial charge on any atom is -0.346 e. The quantitative estimate of drug-likeness (QED) is 0.589. The van der Waals surface area contributed by atoms with Crippen LogP contribution in [0.4, 0.5) is 0 Å². The number of aromatic nitrogens is 4. The number of fused-ring (bicyclic) bond motifs is 3. The maximum Gasteiger partial charge on any atom is 0.326 e. The van der Waals surface area contributed by atoms with Crippen LogP contribution in [-0.4, -0.2) is 19.5 Å². The first kappa shape index (κ1) is 13.4. The standard InChI is InChI=1S/C15H10Cl2N4O/c16-9-3-8(4-10(17)5-9)7-21-13-11-1-2-18-14(11)19-6-12(13)20-15(21)22/h1-6H,7H2,(H,18,19)(H,20,22). The van der Waals surface area contributed by atoms with E-state index in [2.05, 4.69) is 15.0 Å². The summed E-state index contributed by atoms with van der Waals surface area (Å²) in [5, 5.41) is 1.98. The predicted molar refractivity (Wildman–Crippen MR) is 87.8 cm³/mol. The molecule has 4 rings (SSSR count). The van der Waals surface area contributed by atoms with Crippen molar-refractivity contribution in [3.8, 4) is 0 Å². The summed E-state index contributed by atoms with van der Waals surface area (Å²) in [6.45, 7) is 0.378. The van der Waals surface area contributed by atoms with Gasteiger partial charge in [-0.25, -0.2) is 9.78 Å². The number of imidazole rings is 1. The Hall–Kier alpha value is -2.24. The molecule has 22 heavy (non-hydrogen) atoms. The third-order valence-corrected chi connectivity index (χ3v) is 4.01. The minimum atomic E-state index is -0.193. The number of pyridine rings is 1. The lowest BCUT2D eigenvalue weighted by Crippen LogP contribution is -2.17. The van der Waals surface area contributed by atoms with Crippen molar-refractivity contribution in [1.29, 1.82) is 0 Å². The Kier molecular flexibility index (Phi) is 2.99. The van der Waals surface area contributed by atoms with Crippen LogP contribution in [0.5, 0.6) is 0 Å². The van der Waals surface area contributed by atoms with Crippen molar-refractivity contribution in [1.82, 2.24) is 19.5 Å². The second-order valence-electron chi connectivity index (χ2n) is 5.05. The van der Waals surface area contributed by atoms with Crippen molar-refractivity contribution < 1.29 is 0 Å². The van der Waals surface area contributed by atoms with E-state index in [-0.39, 0.29) is 5.69 Å². The Morgan fingerprint density at radius 1 is 1.18 bits per heavy atom. The van der Waals surface area contributed by atoms with Crippen LogP contribution in [0, 0.1) is 0 Å². The fourth-order valence-corrected chi connectivity index (χ4v) is 3.27. The molecule has 0 saturated heterocycles. The summed E-state index contributed by atoms with van der Waals surface area (Å²) < 4.78 is 1.66. The molecular formula is C15H10Cl2N4O. The van der Waals surface area contributed by atoms with Crippen molar-refractivity contribution in [2.24, 2.45) is 0 Å². The lowest BCUT2D eigenvalue weighted by atomic mass is 10.2. The highest BCUT2D eigenvalue weighted by molar-refractivity contribution is 6.34. The number of hydrogen-bond acceptors (Lipinski definition) is 2. The van der Waals surface area contributed by atoms with Gasteiger partial charge in [-0.1, -0.05) is 23.2 Å². The molecule has 0 fully saturated rings. The van der Waals surface area contributed by atoms with Gasteiger partial charge in [0.2, 0.25) is 0 Å². The van der Waals surface area contributed by atoms with Crippen molar-refractivity contribution in [3.63, 3.8) is 0 Å². The molecule has 4 aromatic rings. The number of nitrogens with zero attached hydrogens (tertiary/aromatic N) is 2. The highest BCUT2D eigenvalue weighted by Crippen LogP contribution is 2.23. The summed E-state index contributed by atoms with van der Waals surface area (Å²) in [4.78, 5) is 22.4. The monoisotopic (exact) mass is 332 g/mol. The van der Waals surface area contributed by atoms with E-state index in [1.54, 1.807) is 35.2 Å². The number of hydrogen-bond donors (Lipinski definition) is 2. The molecule has 0 aliphatic heterocycles. The number of halogens is 2. The van der Waals surface area contributed by atoms with Crippen molar-refractivity contribution in [3.05, 3.63) is 62.8 Å². The number of H-pyrrole nitrogens is 2. The van der Waals surface area contributed by atoms with E-state index in [1.165, 1.54) is 0 Å². The van der Waals surface area contributed by atoms with Gasteiger partial charge in [-0.3, -0.25) is 4.57 Å². The van der Waals surface area contributed by atoms with Gasteiger partial charge in [0.05, 0.1) is 23.8 Å². The molecule has 0 atom stereocenters. The zero-order valence-corrected chi connectivity index (χ0v) is 12.7. The first-order valence-electron chi connectivity index (χ1n) is 6.61. The molecule has 0 saturated carbocycles. The molecule has 3 aromatic heterocycles. The van der Waals surface area contributed by atoms with Gasteiger partial charge in [-0.2, -0.15) is 0 Å². The van der Waals surface area contributed by atoms with E-state index in [4.69, 9.17) is 23.2 Å². The van der Waals surface area contributed by atoms with Crippen LogP contribution in [0.25, 0.3) is 22.1 Å². The summed E-state index contributed by atoms with van der Waals surface area (Å²) in [5.74, 6) is 0. The normalized spacial score (nSPS) is 11.5. The maximum absolute atomic E-state index is 12.3. The van der Waals surface area contributed by atoms with Gasteiger partial charge in [0.15, 0.2) is 0 Å². The van der Waals surface area contributed by atoms with E-state index in [1.807, 2.05) is 6.07 Å². The van der Waals surface area contributed by atoms with Crippen LogP contribution in [0.2, 0.25) is 10.0 Å². The molecule has 0 amide bonds. The highest BCUT2D eigenvalue weighted by atomic mass is 35.5. The lowest BCUT2D eigenvalue weighted by molar-refractivity contribution is 0.789. The highest BCUT2D eigenvalue weighted by Gasteiger charge is 2.12. The first-order valence-corrected chi connectivity index (χ1v) is 7.37. The molecule has 2 N–H and O–H groups in total. The Balaban J connectivity index is 1.95. The zero-order chi connectivity index (χ0) is 15.3. The fourth-order valence-electron chi connectivity index (χ4n) is 2.70. The molecule has 0 unspecified atom stereocenters. The van der Waals surface area contributed by atoms with Crippen molar-refractivity contribution >= 4 is 45.3 Å². The average Bonchev–Trinajstić information content (AvgIpc) is 3.02. The summed E-state index contributed by atoms with van der Waals surface area (Å²) >= 11 is 12.1. The molecule has 0 spiro atoms. The Morgan fingerprint density at radius 2 is 1.95 bits per heavy atom. The van der Waals surface area contributed by atoms with Crippen molar-refractivity contribution in [2.75, 3.05) is 0 Å². The summed E-state index contributed by atoms with van der Waals surface area (Å²) in [5.41, 5.74) is 2.92. The zero-order valence-electron chi connectivity index (χ0n) is 11.2. The van der Waals surface area contributed by atoms with E-state index < -0.39 is 0 Å². The smallest absolute Gasteiger partial charge is 0.326 e. The molecule has 0 radical (unpaired) electrons. The summed E-state index contributed by atoms with van der Waals surface area (Å²) in [7, 11) is 0. The summed E-state index contributed by atoms with van der Waals surface area (Å²) in [6, 6.07) is 7.17. The average molecular weight is 333 g/mol. The molecule has 110 valence electrons. The first-order chi connectivity index (χ1) is 10.6. The van der Waals surface area contributed by atoms with Gasteiger partial charge in [0.1, 0.15) is 5.65 Å². The maximum atomic E-state index is 12.3. The number of benzene rings is 1. The largest absolute Gasteiger partial charge is 0.346 e. The Labute approximate surface area is 134 Å². The molecule has 3 heterocycles. The predicted octanol–water partition coefficient (Wildman–Crippen LogP) is 3.56. The van der Waals surface area contributed by atoms with E-state index in [9.17, 15) is 4.79 Å². The number of aromatic amines is 2. The molecule has 0 bridgehead atoms. The van der Waals surface area contributed by atoms with Gasteiger partial charge < -0.3 is 9.97 Å². The molecule has 0 aliphatic rings. The topological polar surface area (TPSA) is 66.5 Å². The van der Waals surface area contributed by atoms with Gasteiger partial charge in [0.25, 0.3) is 0 Å². The second kappa shape index (κ2) is 4.90. The Morgan fingerprint density at radius 3 is 2.73 bits per heavy atom. The minimum absolute atomic E-state index is 0.193. The van der Waals surface area contributed by atoms with Crippen LogP contribution in [0.3, 0.4) is 0 Å². The molecule has 7 heteroatoms. The van der Waals surface area contributed by atoms with Crippen LogP contribution < -0.4 is 5.69 Å². The third-order valence-electron chi connectivity index (χ3n) is 3.58. The van der Waals surface area contributed by atoms with Gasteiger partial charge in [-0.05, 0) is 29.8 Å². The van der Waals surface area contributed by atoms with Gasteiger partial charge in [0, 0.05) is 21.6 Å². The SMILES string of the molecule is O=c1[nH]c2cnc3[nH]ccc3c2n1Cc1cc(Cl)cc(Cl)c1.